The van der Waals surface area contributed by atoms with Gasteiger partial charge in [-0.2, -0.15) is 0 Å². The van der Waals surface area contributed by atoms with E-state index in [0.29, 0.717) is 5.41 Å². The lowest BCUT2D eigenvalue weighted by Gasteiger charge is -2.34. The fraction of sp³-hybridized carbons (Fsp3) is 0.600. The van der Waals surface area contributed by atoms with Gasteiger partial charge in [0, 0.05) is 16.4 Å². The summed E-state index contributed by atoms with van der Waals surface area (Å²) in [5.74, 6) is 0. The van der Waals surface area contributed by atoms with Crippen molar-refractivity contribution in [2.75, 3.05) is 13.6 Å². The van der Waals surface area contributed by atoms with Crippen molar-refractivity contribution < 1.29 is 0 Å². The minimum Gasteiger partial charge on any atom is -0.319 e. The van der Waals surface area contributed by atoms with E-state index in [4.69, 9.17) is 0 Å². The summed E-state index contributed by atoms with van der Waals surface area (Å²) >= 11 is 3.73. The lowest BCUT2D eigenvalue weighted by molar-refractivity contribution is 0.356. The Balaban J connectivity index is 2.35. The Hall–Kier alpha value is -0.340. The predicted octanol–water partition coefficient (Wildman–Crippen LogP) is 4.26. The van der Waals surface area contributed by atoms with E-state index in [1.165, 1.54) is 48.6 Å². The predicted molar refractivity (Wildman–Crippen MR) is 77.4 cm³/mol. The van der Waals surface area contributed by atoms with E-state index in [9.17, 15) is 0 Å². The first-order valence-electron chi connectivity index (χ1n) is 6.68. The molecule has 2 heteroatoms. The van der Waals surface area contributed by atoms with Gasteiger partial charge in [-0.15, -0.1) is 0 Å². The van der Waals surface area contributed by atoms with E-state index in [-0.39, 0.29) is 0 Å². The monoisotopic (exact) mass is 295 g/mol. The number of nitrogens with one attached hydrogen (secondary N) is 1. The summed E-state index contributed by atoms with van der Waals surface area (Å²) in [6.07, 6.45) is 8.16. The molecule has 0 unspecified atom stereocenters. The molecule has 1 aliphatic carbocycles. The average Bonchev–Trinajstić information content (AvgIpc) is 2.57. The summed E-state index contributed by atoms with van der Waals surface area (Å²) < 4.78 is 1.28. The maximum absolute atomic E-state index is 3.73. The van der Waals surface area contributed by atoms with Crippen molar-refractivity contribution in [2.24, 2.45) is 0 Å². The first-order chi connectivity index (χ1) is 8.28. The highest BCUT2D eigenvalue weighted by Crippen LogP contribution is 2.40. The van der Waals surface area contributed by atoms with E-state index in [0.717, 1.165) is 6.54 Å². The molecule has 0 saturated heterocycles. The van der Waals surface area contributed by atoms with Crippen molar-refractivity contribution in [3.05, 3.63) is 34.3 Å². The molecule has 1 aliphatic rings. The van der Waals surface area contributed by atoms with Gasteiger partial charge in [-0.25, -0.2) is 0 Å². The van der Waals surface area contributed by atoms with Crippen LogP contribution in [0.25, 0.3) is 0 Å². The molecule has 0 radical (unpaired) electrons. The van der Waals surface area contributed by atoms with Crippen molar-refractivity contribution in [2.45, 2.75) is 43.9 Å². The van der Waals surface area contributed by atoms with Crippen LogP contribution in [0.15, 0.2) is 28.7 Å². The van der Waals surface area contributed by atoms with Gasteiger partial charge in [-0.3, -0.25) is 0 Å². The summed E-state index contributed by atoms with van der Waals surface area (Å²) in [7, 11) is 2.07. The second-order valence-corrected chi connectivity index (χ2v) is 6.06. The normalized spacial score (nSPS) is 19.9. The topological polar surface area (TPSA) is 12.0 Å². The van der Waals surface area contributed by atoms with E-state index in [2.05, 4.69) is 52.6 Å². The number of likely N-dealkylation sites (N-methyl/N-ethyl adjacent to an activating group) is 1. The van der Waals surface area contributed by atoms with Crippen molar-refractivity contribution >= 4 is 15.9 Å². The smallest absolute Gasteiger partial charge is 0.0213 e. The lowest BCUT2D eigenvalue weighted by atomic mass is 9.74. The Kier molecular flexibility index (Phi) is 4.63. The van der Waals surface area contributed by atoms with E-state index in [1.807, 2.05) is 0 Å². The second-order valence-electron chi connectivity index (χ2n) is 5.20. The van der Waals surface area contributed by atoms with Crippen LogP contribution in [0.3, 0.4) is 0 Å². The number of hydrogen-bond acceptors (Lipinski definition) is 1. The molecule has 1 aromatic carbocycles. The molecule has 0 aliphatic heterocycles. The van der Waals surface area contributed by atoms with Gasteiger partial charge in [0.25, 0.3) is 0 Å². The number of halogens is 1. The second kappa shape index (κ2) is 6.01. The zero-order chi connectivity index (χ0) is 12.1. The van der Waals surface area contributed by atoms with E-state index < -0.39 is 0 Å². The quantitative estimate of drug-likeness (QED) is 0.822. The largest absolute Gasteiger partial charge is 0.319 e. The van der Waals surface area contributed by atoms with Crippen LogP contribution in [0, 0.1) is 0 Å². The van der Waals surface area contributed by atoms with Crippen molar-refractivity contribution in [1.29, 1.82) is 0 Å². The Morgan fingerprint density at radius 1 is 1.12 bits per heavy atom. The van der Waals surface area contributed by atoms with Crippen LogP contribution in [-0.4, -0.2) is 13.6 Å². The summed E-state index contributed by atoms with van der Waals surface area (Å²) in [5, 5.41) is 3.41. The summed E-state index contributed by atoms with van der Waals surface area (Å²) in [6.45, 7) is 1.09. The van der Waals surface area contributed by atoms with Crippen molar-refractivity contribution in [1.82, 2.24) is 5.32 Å². The molecule has 1 saturated carbocycles. The van der Waals surface area contributed by atoms with E-state index in [1.54, 1.807) is 0 Å². The van der Waals surface area contributed by atoms with Crippen LogP contribution in [0.1, 0.15) is 44.1 Å². The van der Waals surface area contributed by atoms with Crippen LogP contribution >= 0.6 is 15.9 Å². The molecule has 1 N–H and O–H groups in total. The molecule has 0 atom stereocenters. The third-order valence-corrected chi connectivity index (χ3v) is 4.71. The standard InChI is InChI=1S/C15H22BrN/c1-17-12-15(10-6-2-3-7-11-15)13-8-4-5-9-14(13)16/h4-5,8-9,17H,2-3,6-7,10-12H2,1H3. The SMILES string of the molecule is CNCC1(c2ccccc2Br)CCCCCC1. The fourth-order valence-corrected chi connectivity index (χ4v) is 3.88. The van der Waals surface area contributed by atoms with Crippen molar-refractivity contribution in [3.63, 3.8) is 0 Å². The van der Waals surface area contributed by atoms with Gasteiger partial charge in [-0.1, -0.05) is 59.8 Å². The number of rotatable bonds is 3. The lowest BCUT2D eigenvalue weighted by Crippen LogP contribution is -2.36. The summed E-state index contributed by atoms with van der Waals surface area (Å²) in [5.41, 5.74) is 1.84. The Bertz CT molecular complexity index is 354. The third kappa shape index (κ3) is 2.92. The molecule has 1 nitrogen and oxygen atoms in total. The highest BCUT2D eigenvalue weighted by molar-refractivity contribution is 9.10. The van der Waals surface area contributed by atoms with Gasteiger partial charge in [0.15, 0.2) is 0 Å². The molecule has 1 fully saturated rings. The Labute approximate surface area is 113 Å². The zero-order valence-corrected chi connectivity index (χ0v) is 12.2. The minimum absolute atomic E-state index is 0.339. The maximum atomic E-state index is 3.73. The molecule has 2 rings (SSSR count). The van der Waals surface area contributed by atoms with Gasteiger partial charge < -0.3 is 5.32 Å². The molecule has 17 heavy (non-hydrogen) atoms. The molecule has 0 bridgehead atoms. The van der Waals surface area contributed by atoms with Crippen LogP contribution in [0.2, 0.25) is 0 Å². The van der Waals surface area contributed by atoms with Crippen LogP contribution in [0.5, 0.6) is 0 Å². The highest BCUT2D eigenvalue weighted by atomic mass is 79.9. The molecule has 0 spiro atoms. The molecule has 1 aromatic rings. The van der Waals surface area contributed by atoms with Gasteiger partial charge in [0.2, 0.25) is 0 Å². The fourth-order valence-electron chi connectivity index (χ4n) is 3.18. The Morgan fingerprint density at radius 3 is 2.35 bits per heavy atom. The zero-order valence-electron chi connectivity index (χ0n) is 10.6. The number of hydrogen-bond donors (Lipinski definition) is 1. The van der Waals surface area contributed by atoms with Gasteiger partial charge >= 0.3 is 0 Å². The molecule has 94 valence electrons. The van der Waals surface area contributed by atoms with Crippen LogP contribution in [-0.2, 0) is 5.41 Å². The summed E-state index contributed by atoms with van der Waals surface area (Å²) in [6, 6.07) is 8.75. The molecular formula is C15H22BrN. The summed E-state index contributed by atoms with van der Waals surface area (Å²) in [4.78, 5) is 0. The van der Waals surface area contributed by atoms with Crippen LogP contribution < -0.4 is 5.32 Å². The van der Waals surface area contributed by atoms with Crippen LogP contribution in [0.4, 0.5) is 0 Å². The first-order valence-corrected chi connectivity index (χ1v) is 7.47. The molecular weight excluding hydrogens is 274 g/mol. The third-order valence-electron chi connectivity index (χ3n) is 4.02. The number of benzene rings is 1. The van der Waals surface area contributed by atoms with E-state index >= 15 is 0 Å². The average molecular weight is 296 g/mol. The van der Waals surface area contributed by atoms with Gasteiger partial charge in [0.05, 0.1) is 0 Å². The first kappa shape index (κ1) is 13.1. The molecule has 0 heterocycles. The minimum atomic E-state index is 0.339. The van der Waals surface area contributed by atoms with Gasteiger partial charge in [0.1, 0.15) is 0 Å². The highest BCUT2D eigenvalue weighted by Gasteiger charge is 2.33. The van der Waals surface area contributed by atoms with Gasteiger partial charge in [-0.05, 0) is 31.5 Å². The molecule has 0 aromatic heterocycles. The Morgan fingerprint density at radius 2 is 1.76 bits per heavy atom. The maximum Gasteiger partial charge on any atom is 0.0213 e. The molecule has 0 amide bonds. The van der Waals surface area contributed by atoms with Crippen molar-refractivity contribution in [3.8, 4) is 0 Å².